The van der Waals surface area contributed by atoms with Crippen molar-refractivity contribution in [3.8, 4) is 0 Å². The van der Waals surface area contributed by atoms with Crippen LogP contribution in [0.2, 0.25) is 0 Å². The molecule has 1 fully saturated rings. The molecule has 1 saturated heterocycles. The van der Waals surface area contributed by atoms with Crippen LogP contribution < -0.4 is 5.32 Å². The molecule has 2 amide bonds. The minimum absolute atomic E-state index is 0.0294. The van der Waals surface area contributed by atoms with Crippen LogP contribution >= 0.6 is 0 Å². The Morgan fingerprint density at radius 3 is 2.75 bits per heavy atom. The van der Waals surface area contributed by atoms with E-state index >= 15 is 0 Å². The van der Waals surface area contributed by atoms with E-state index in [0.717, 1.165) is 5.56 Å². The van der Waals surface area contributed by atoms with Gasteiger partial charge in [-0.25, -0.2) is 9.37 Å². The predicted molar refractivity (Wildman–Crippen MR) is 87.7 cm³/mol. The van der Waals surface area contributed by atoms with E-state index in [1.54, 1.807) is 41.4 Å². The van der Waals surface area contributed by atoms with E-state index in [9.17, 15) is 14.0 Å². The lowest BCUT2D eigenvalue weighted by Gasteiger charge is -2.16. The van der Waals surface area contributed by atoms with Crippen LogP contribution in [-0.4, -0.2) is 34.8 Å². The standard InChI is InChI=1S/C18H18FN3O2/c19-15-6-4-13(5-7-15)8-10-22-12-14(11-17(22)23)18(24)21-16-3-1-2-9-20-16/h1-7,9,14H,8,10-12H2,(H,20,21,24). The van der Waals surface area contributed by atoms with Gasteiger partial charge in [-0.2, -0.15) is 0 Å². The molecule has 0 bridgehead atoms. The van der Waals surface area contributed by atoms with Crippen LogP contribution in [0.15, 0.2) is 48.7 Å². The topological polar surface area (TPSA) is 62.3 Å². The molecule has 1 N–H and O–H groups in total. The fourth-order valence-electron chi connectivity index (χ4n) is 2.74. The second-order valence-electron chi connectivity index (χ2n) is 5.82. The fourth-order valence-corrected chi connectivity index (χ4v) is 2.74. The van der Waals surface area contributed by atoms with Gasteiger partial charge in [-0.15, -0.1) is 0 Å². The zero-order valence-electron chi connectivity index (χ0n) is 13.1. The minimum Gasteiger partial charge on any atom is -0.342 e. The first kappa shape index (κ1) is 16.1. The number of pyridine rings is 1. The molecule has 1 atom stereocenters. The Kier molecular flexibility index (Phi) is 4.84. The number of anilines is 1. The highest BCUT2D eigenvalue weighted by atomic mass is 19.1. The zero-order valence-corrected chi connectivity index (χ0v) is 13.1. The van der Waals surface area contributed by atoms with E-state index < -0.39 is 0 Å². The van der Waals surface area contributed by atoms with Crippen LogP contribution in [0.5, 0.6) is 0 Å². The number of halogens is 1. The van der Waals surface area contributed by atoms with Crippen molar-refractivity contribution in [2.75, 3.05) is 18.4 Å². The fraction of sp³-hybridized carbons (Fsp3) is 0.278. The lowest BCUT2D eigenvalue weighted by Crippen LogP contribution is -2.30. The van der Waals surface area contributed by atoms with Gasteiger partial charge in [-0.3, -0.25) is 9.59 Å². The van der Waals surface area contributed by atoms with Gasteiger partial charge in [0, 0.05) is 25.7 Å². The Balaban J connectivity index is 1.53. The normalized spacial score (nSPS) is 17.1. The van der Waals surface area contributed by atoms with Crippen molar-refractivity contribution in [3.05, 3.63) is 60.0 Å². The number of nitrogens with one attached hydrogen (secondary N) is 1. The number of amides is 2. The molecule has 1 aliphatic heterocycles. The van der Waals surface area contributed by atoms with Gasteiger partial charge >= 0.3 is 0 Å². The Hall–Kier alpha value is -2.76. The highest BCUT2D eigenvalue weighted by Gasteiger charge is 2.34. The number of hydrogen-bond donors (Lipinski definition) is 1. The molecule has 2 heterocycles. The van der Waals surface area contributed by atoms with Crippen LogP contribution in [0, 0.1) is 11.7 Å². The summed E-state index contributed by atoms with van der Waals surface area (Å²) in [5, 5.41) is 2.73. The van der Waals surface area contributed by atoms with Crippen molar-refractivity contribution in [2.24, 2.45) is 5.92 Å². The van der Waals surface area contributed by atoms with E-state index in [-0.39, 0.29) is 30.0 Å². The number of carbonyl (C=O) groups excluding carboxylic acids is 2. The van der Waals surface area contributed by atoms with E-state index in [0.29, 0.717) is 25.3 Å². The maximum Gasteiger partial charge on any atom is 0.230 e. The molecule has 0 aliphatic carbocycles. The number of aromatic nitrogens is 1. The van der Waals surface area contributed by atoms with Crippen LogP contribution in [0.3, 0.4) is 0 Å². The molecule has 124 valence electrons. The average molecular weight is 327 g/mol. The monoisotopic (exact) mass is 327 g/mol. The molecule has 5 nitrogen and oxygen atoms in total. The maximum atomic E-state index is 12.9. The first-order valence-corrected chi connectivity index (χ1v) is 7.86. The van der Waals surface area contributed by atoms with Crippen LogP contribution in [0.1, 0.15) is 12.0 Å². The molecule has 24 heavy (non-hydrogen) atoms. The average Bonchev–Trinajstić information content (AvgIpc) is 2.96. The summed E-state index contributed by atoms with van der Waals surface area (Å²) in [5.41, 5.74) is 0.964. The lowest BCUT2D eigenvalue weighted by atomic mass is 10.1. The maximum absolute atomic E-state index is 12.9. The van der Waals surface area contributed by atoms with Gasteiger partial charge in [0.25, 0.3) is 0 Å². The number of rotatable bonds is 5. The molecular weight excluding hydrogens is 309 g/mol. The van der Waals surface area contributed by atoms with Crippen molar-refractivity contribution in [2.45, 2.75) is 12.8 Å². The Bertz CT molecular complexity index is 719. The molecule has 3 rings (SSSR count). The summed E-state index contributed by atoms with van der Waals surface area (Å²) in [6, 6.07) is 11.5. The Morgan fingerprint density at radius 1 is 1.25 bits per heavy atom. The summed E-state index contributed by atoms with van der Waals surface area (Å²) >= 11 is 0. The summed E-state index contributed by atoms with van der Waals surface area (Å²) < 4.78 is 12.9. The van der Waals surface area contributed by atoms with Gasteiger partial charge in [0.15, 0.2) is 0 Å². The number of likely N-dealkylation sites (tertiary alicyclic amines) is 1. The molecule has 1 aromatic carbocycles. The van der Waals surface area contributed by atoms with Gasteiger partial charge in [0.05, 0.1) is 5.92 Å². The van der Waals surface area contributed by atoms with Crippen LogP contribution in [0.25, 0.3) is 0 Å². The van der Waals surface area contributed by atoms with Gasteiger partial charge in [-0.1, -0.05) is 18.2 Å². The second kappa shape index (κ2) is 7.21. The number of nitrogens with zero attached hydrogens (tertiary/aromatic N) is 2. The van der Waals surface area contributed by atoms with Crippen LogP contribution in [-0.2, 0) is 16.0 Å². The summed E-state index contributed by atoms with van der Waals surface area (Å²) in [5.74, 6) is -0.376. The molecular formula is C18H18FN3O2. The van der Waals surface area contributed by atoms with E-state index in [1.807, 2.05) is 0 Å². The molecule has 1 aromatic heterocycles. The smallest absolute Gasteiger partial charge is 0.230 e. The lowest BCUT2D eigenvalue weighted by molar-refractivity contribution is -0.128. The third-order valence-corrected chi connectivity index (χ3v) is 4.09. The quantitative estimate of drug-likeness (QED) is 0.916. The van der Waals surface area contributed by atoms with Crippen molar-refractivity contribution >= 4 is 17.6 Å². The van der Waals surface area contributed by atoms with Gasteiger partial charge < -0.3 is 10.2 Å². The van der Waals surface area contributed by atoms with E-state index in [2.05, 4.69) is 10.3 Å². The van der Waals surface area contributed by atoms with Gasteiger partial charge in [-0.05, 0) is 36.2 Å². The Morgan fingerprint density at radius 2 is 2.04 bits per heavy atom. The summed E-state index contributed by atoms with van der Waals surface area (Å²) in [6.07, 6.45) is 2.45. The van der Waals surface area contributed by atoms with Gasteiger partial charge in [0.2, 0.25) is 11.8 Å². The highest BCUT2D eigenvalue weighted by molar-refractivity contribution is 5.96. The minimum atomic E-state index is -0.368. The van der Waals surface area contributed by atoms with Crippen LogP contribution in [0.4, 0.5) is 10.2 Å². The highest BCUT2D eigenvalue weighted by Crippen LogP contribution is 2.20. The SMILES string of the molecule is O=C(Nc1ccccn1)C1CC(=O)N(CCc2ccc(F)cc2)C1. The zero-order chi connectivity index (χ0) is 16.9. The van der Waals surface area contributed by atoms with Crippen molar-refractivity contribution in [3.63, 3.8) is 0 Å². The first-order valence-electron chi connectivity index (χ1n) is 7.86. The molecule has 0 spiro atoms. The number of benzene rings is 1. The number of carbonyl (C=O) groups is 2. The molecule has 0 radical (unpaired) electrons. The summed E-state index contributed by atoms with van der Waals surface area (Å²) in [6.45, 7) is 0.927. The third kappa shape index (κ3) is 3.95. The predicted octanol–water partition coefficient (Wildman–Crippen LogP) is 2.25. The largest absolute Gasteiger partial charge is 0.342 e. The molecule has 2 aromatic rings. The van der Waals surface area contributed by atoms with E-state index in [1.165, 1.54) is 12.1 Å². The number of hydrogen-bond acceptors (Lipinski definition) is 3. The van der Waals surface area contributed by atoms with E-state index in [4.69, 9.17) is 0 Å². The van der Waals surface area contributed by atoms with Gasteiger partial charge in [0.1, 0.15) is 11.6 Å². The molecule has 6 heteroatoms. The molecule has 0 saturated carbocycles. The second-order valence-corrected chi connectivity index (χ2v) is 5.82. The van der Waals surface area contributed by atoms with Crippen molar-refractivity contribution in [1.29, 1.82) is 0 Å². The molecule has 1 aliphatic rings. The summed E-state index contributed by atoms with van der Waals surface area (Å²) in [7, 11) is 0. The Labute approximate surface area is 139 Å². The first-order chi connectivity index (χ1) is 11.6. The van der Waals surface area contributed by atoms with Crippen molar-refractivity contribution in [1.82, 2.24) is 9.88 Å². The summed E-state index contributed by atoms with van der Waals surface area (Å²) in [4.78, 5) is 30.1. The van der Waals surface area contributed by atoms with Crippen molar-refractivity contribution < 1.29 is 14.0 Å². The third-order valence-electron chi connectivity index (χ3n) is 4.09. The molecule has 1 unspecified atom stereocenters.